The van der Waals surface area contributed by atoms with Crippen LogP contribution >= 0.6 is 11.3 Å². The molecule has 1 aromatic rings. The van der Waals surface area contributed by atoms with Crippen molar-refractivity contribution in [3.05, 3.63) is 10.6 Å². The number of hydrogen-bond donors (Lipinski definition) is 2. The van der Waals surface area contributed by atoms with Gasteiger partial charge in [-0.3, -0.25) is 14.6 Å². The summed E-state index contributed by atoms with van der Waals surface area (Å²) in [5, 5.41) is 12.5. The number of aryl methyl sites for hydroxylation is 2. The molecular weight excluding hydrogens is 288 g/mol. The SMILES string of the molecule is Cc1nc(NC(=O)[C@@H](C)N2CCN(CCO)CC2)sc1C. The van der Waals surface area contributed by atoms with E-state index >= 15 is 0 Å². The Balaban J connectivity index is 1.85. The molecule has 1 aromatic heterocycles. The van der Waals surface area contributed by atoms with E-state index in [9.17, 15) is 4.79 Å². The molecule has 0 spiro atoms. The zero-order valence-electron chi connectivity index (χ0n) is 12.9. The number of piperazine rings is 1. The predicted molar refractivity (Wildman–Crippen MR) is 84.8 cm³/mol. The number of aliphatic hydroxyl groups is 1. The molecule has 2 N–H and O–H groups in total. The number of nitrogens with one attached hydrogen (secondary N) is 1. The van der Waals surface area contributed by atoms with E-state index in [1.54, 1.807) is 0 Å². The fourth-order valence-corrected chi connectivity index (χ4v) is 3.24. The van der Waals surface area contributed by atoms with Crippen molar-refractivity contribution in [1.29, 1.82) is 0 Å². The molecule has 0 saturated carbocycles. The summed E-state index contributed by atoms with van der Waals surface area (Å²) in [5.41, 5.74) is 0.973. The van der Waals surface area contributed by atoms with Crippen LogP contribution in [-0.2, 0) is 4.79 Å². The van der Waals surface area contributed by atoms with Crippen molar-refractivity contribution in [2.24, 2.45) is 0 Å². The van der Waals surface area contributed by atoms with Gasteiger partial charge in [0.1, 0.15) is 0 Å². The topological polar surface area (TPSA) is 68.7 Å². The lowest BCUT2D eigenvalue weighted by molar-refractivity contribution is -0.121. The van der Waals surface area contributed by atoms with E-state index in [1.165, 1.54) is 11.3 Å². The van der Waals surface area contributed by atoms with Crippen molar-refractivity contribution >= 4 is 22.4 Å². The minimum absolute atomic E-state index is 0.000594. The first-order chi connectivity index (χ1) is 10.0. The Morgan fingerprint density at radius 2 is 2.05 bits per heavy atom. The number of aromatic nitrogens is 1. The maximum absolute atomic E-state index is 12.3. The highest BCUT2D eigenvalue weighted by molar-refractivity contribution is 7.15. The van der Waals surface area contributed by atoms with Crippen LogP contribution in [0.4, 0.5) is 5.13 Å². The zero-order valence-corrected chi connectivity index (χ0v) is 13.7. The van der Waals surface area contributed by atoms with Gasteiger partial charge in [-0.1, -0.05) is 0 Å². The number of carbonyl (C=O) groups excluding carboxylic acids is 1. The minimum atomic E-state index is -0.161. The normalized spacial score (nSPS) is 18.7. The van der Waals surface area contributed by atoms with Gasteiger partial charge in [-0.05, 0) is 20.8 Å². The molecule has 1 fully saturated rings. The summed E-state index contributed by atoms with van der Waals surface area (Å²) < 4.78 is 0. The van der Waals surface area contributed by atoms with Gasteiger partial charge in [0.15, 0.2) is 5.13 Å². The third kappa shape index (κ3) is 4.23. The first-order valence-corrected chi connectivity index (χ1v) is 8.15. The molecule has 0 unspecified atom stereocenters. The molecule has 0 radical (unpaired) electrons. The molecule has 0 aliphatic carbocycles. The van der Waals surface area contributed by atoms with Crippen LogP contribution in [0.1, 0.15) is 17.5 Å². The Morgan fingerprint density at radius 1 is 1.38 bits per heavy atom. The van der Waals surface area contributed by atoms with Crippen molar-refractivity contribution in [2.75, 3.05) is 44.6 Å². The third-order valence-electron chi connectivity index (χ3n) is 4.01. The van der Waals surface area contributed by atoms with E-state index in [2.05, 4.69) is 20.1 Å². The lowest BCUT2D eigenvalue weighted by Crippen LogP contribution is -2.53. The summed E-state index contributed by atoms with van der Waals surface area (Å²) in [6.45, 7) is 10.3. The first-order valence-electron chi connectivity index (χ1n) is 7.33. The van der Waals surface area contributed by atoms with Crippen LogP contribution in [0.2, 0.25) is 0 Å². The average molecular weight is 312 g/mol. The molecule has 0 bridgehead atoms. The van der Waals surface area contributed by atoms with Gasteiger partial charge >= 0.3 is 0 Å². The molecule has 2 rings (SSSR count). The molecule has 1 aliphatic rings. The maximum atomic E-state index is 12.3. The largest absolute Gasteiger partial charge is 0.395 e. The van der Waals surface area contributed by atoms with Gasteiger partial charge in [-0.2, -0.15) is 0 Å². The summed E-state index contributed by atoms with van der Waals surface area (Å²) in [5.74, 6) is -0.000594. The highest BCUT2D eigenvalue weighted by Crippen LogP contribution is 2.21. The van der Waals surface area contributed by atoms with Gasteiger partial charge in [-0.25, -0.2) is 4.98 Å². The molecule has 1 aliphatic heterocycles. The number of β-amino-alcohol motifs (C(OH)–C–C–N with tert-alkyl or cyclic N) is 1. The molecule has 118 valence electrons. The molecule has 2 heterocycles. The molecular formula is C14H24N4O2S. The van der Waals surface area contributed by atoms with Gasteiger partial charge in [0.25, 0.3) is 0 Å². The van der Waals surface area contributed by atoms with Crippen LogP contribution in [0, 0.1) is 13.8 Å². The van der Waals surface area contributed by atoms with E-state index in [-0.39, 0.29) is 18.6 Å². The van der Waals surface area contributed by atoms with Gasteiger partial charge < -0.3 is 10.4 Å². The van der Waals surface area contributed by atoms with Crippen LogP contribution in [0.15, 0.2) is 0 Å². The number of carbonyl (C=O) groups is 1. The lowest BCUT2D eigenvalue weighted by Gasteiger charge is -2.37. The Hall–Kier alpha value is -1.02. The van der Waals surface area contributed by atoms with Crippen LogP contribution in [-0.4, -0.2) is 71.2 Å². The number of thiazole rings is 1. The van der Waals surface area contributed by atoms with E-state index in [1.807, 2.05) is 20.8 Å². The summed E-state index contributed by atoms with van der Waals surface area (Å²) in [6, 6.07) is -0.161. The lowest BCUT2D eigenvalue weighted by atomic mass is 10.2. The van der Waals surface area contributed by atoms with Gasteiger partial charge in [-0.15, -0.1) is 11.3 Å². The van der Waals surface area contributed by atoms with Gasteiger partial charge in [0.2, 0.25) is 5.91 Å². The maximum Gasteiger partial charge on any atom is 0.243 e. The van der Waals surface area contributed by atoms with Crippen molar-refractivity contribution in [2.45, 2.75) is 26.8 Å². The number of nitrogens with zero attached hydrogens (tertiary/aromatic N) is 3. The van der Waals surface area contributed by atoms with Crippen molar-refractivity contribution in [1.82, 2.24) is 14.8 Å². The summed E-state index contributed by atoms with van der Waals surface area (Å²) in [7, 11) is 0. The van der Waals surface area contributed by atoms with E-state index in [0.29, 0.717) is 11.7 Å². The molecule has 7 heteroatoms. The second-order valence-corrected chi connectivity index (χ2v) is 6.63. The highest BCUT2D eigenvalue weighted by Gasteiger charge is 2.25. The smallest absolute Gasteiger partial charge is 0.243 e. The summed E-state index contributed by atoms with van der Waals surface area (Å²) in [4.78, 5) is 22.2. The molecule has 1 atom stereocenters. The Morgan fingerprint density at radius 3 is 2.57 bits per heavy atom. The van der Waals surface area contributed by atoms with E-state index in [4.69, 9.17) is 5.11 Å². The quantitative estimate of drug-likeness (QED) is 0.837. The molecule has 6 nitrogen and oxygen atoms in total. The predicted octanol–water partition coefficient (Wildman–Crippen LogP) is 0.697. The monoisotopic (exact) mass is 312 g/mol. The summed E-state index contributed by atoms with van der Waals surface area (Å²) in [6.07, 6.45) is 0. The molecule has 0 aromatic carbocycles. The highest BCUT2D eigenvalue weighted by atomic mass is 32.1. The molecule has 1 amide bonds. The Labute approximate surface area is 129 Å². The fourth-order valence-electron chi connectivity index (χ4n) is 2.42. The van der Waals surface area contributed by atoms with E-state index < -0.39 is 0 Å². The van der Waals surface area contributed by atoms with Crippen molar-refractivity contribution < 1.29 is 9.90 Å². The number of aliphatic hydroxyl groups excluding tert-OH is 1. The number of hydrogen-bond acceptors (Lipinski definition) is 6. The summed E-state index contributed by atoms with van der Waals surface area (Å²) >= 11 is 1.52. The molecule has 21 heavy (non-hydrogen) atoms. The third-order valence-corrected chi connectivity index (χ3v) is 5.00. The van der Waals surface area contributed by atoms with Crippen molar-refractivity contribution in [3.8, 4) is 0 Å². The molecule has 1 saturated heterocycles. The Kier molecular flexibility index (Phi) is 5.69. The average Bonchev–Trinajstić information content (AvgIpc) is 2.77. The van der Waals surface area contributed by atoms with Crippen LogP contribution < -0.4 is 5.32 Å². The van der Waals surface area contributed by atoms with Gasteiger partial charge in [0, 0.05) is 37.6 Å². The second-order valence-electron chi connectivity index (χ2n) is 5.43. The minimum Gasteiger partial charge on any atom is -0.395 e. The number of anilines is 1. The van der Waals surface area contributed by atoms with Crippen LogP contribution in [0.25, 0.3) is 0 Å². The second kappa shape index (κ2) is 7.31. The van der Waals surface area contributed by atoms with Crippen LogP contribution in [0.3, 0.4) is 0 Å². The Bertz CT molecular complexity index is 464. The number of rotatable bonds is 5. The zero-order chi connectivity index (χ0) is 15.4. The van der Waals surface area contributed by atoms with E-state index in [0.717, 1.165) is 36.8 Å². The van der Waals surface area contributed by atoms with Crippen LogP contribution in [0.5, 0.6) is 0 Å². The standard InChI is InChI=1S/C14H24N4O2S/c1-10-12(3)21-14(15-10)16-13(20)11(2)18-6-4-17(5-7-18)8-9-19/h11,19H,4-9H2,1-3H3,(H,15,16,20)/t11-/m1/s1. The van der Waals surface area contributed by atoms with Crippen molar-refractivity contribution in [3.63, 3.8) is 0 Å². The van der Waals surface area contributed by atoms with Gasteiger partial charge in [0.05, 0.1) is 18.3 Å². The fraction of sp³-hybridized carbons (Fsp3) is 0.714. The first kappa shape index (κ1) is 16.4. The number of amides is 1.